The molecule has 5 nitrogen and oxygen atoms in total. The Labute approximate surface area is 173 Å². The molecule has 29 heavy (non-hydrogen) atoms. The fraction of sp³-hybridized carbons (Fsp3) is 0.500. The molecule has 1 unspecified atom stereocenters. The molecule has 0 bridgehead atoms. The first-order chi connectivity index (χ1) is 13.6. The van der Waals surface area contributed by atoms with Crippen molar-refractivity contribution < 1.29 is 18.0 Å². The molecule has 0 saturated carbocycles. The summed E-state index contributed by atoms with van der Waals surface area (Å²) in [6, 6.07) is 8.27. The first-order valence-corrected chi connectivity index (χ1v) is 9.93. The van der Waals surface area contributed by atoms with Gasteiger partial charge in [0.2, 0.25) is 5.91 Å². The number of anilines is 1. The van der Waals surface area contributed by atoms with Crippen LogP contribution in [0, 0.1) is 6.92 Å². The standard InChI is InChI=1S/C20H24ClF3N4O/c1-4-16-18(21)19(20(22,23)24)25-28(16)12-17(29)26-8-9-27(14(3)11-26)15-7-5-6-13(2)10-15/h5-7,10,14H,4,8-9,11-12H2,1-3H3. The van der Waals surface area contributed by atoms with Crippen molar-refractivity contribution in [2.45, 2.75) is 46.0 Å². The molecule has 1 fully saturated rings. The lowest BCUT2D eigenvalue weighted by atomic mass is 10.1. The van der Waals surface area contributed by atoms with Gasteiger partial charge in [0.1, 0.15) is 6.54 Å². The quantitative estimate of drug-likeness (QED) is 0.734. The Balaban J connectivity index is 1.71. The largest absolute Gasteiger partial charge is 0.436 e. The molecule has 1 aliphatic heterocycles. The van der Waals surface area contributed by atoms with Gasteiger partial charge in [0.05, 0.1) is 10.7 Å². The Hall–Kier alpha value is -2.22. The second-order valence-corrected chi connectivity index (χ2v) is 7.72. The monoisotopic (exact) mass is 428 g/mol. The van der Waals surface area contributed by atoms with Crippen molar-refractivity contribution in [2.75, 3.05) is 24.5 Å². The van der Waals surface area contributed by atoms with Crippen LogP contribution < -0.4 is 4.90 Å². The summed E-state index contributed by atoms with van der Waals surface area (Å²) in [4.78, 5) is 16.7. The lowest BCUT2D eigenvalue weighted by molar-refractivity contribution is -0.142. The highest BCUT2D eigenvalue weighted by molar-refractivity contribution is 6.32. The number of nitrogens with zero attached hydrogens (tertiary/aromatic N) is 4. The molecule has 3 rings (SSSR count). The predicted molar refractivity (Wildman–Crippen MR) is 106 cm³/mol. The van der Waals surface area contributed by atoms with Crippen LogP contribution >= 0.6 is 11.6 Å². The fourth-order valence-corrected chi connectivity index (χ4v) is 4.10. The average Bonchev–Trinajstić information content (AvgIpc) is 2.97. The minimum absolute atomic E-state index is 0.0899. The summed E-state index contributed by atoms with van der Waals surface area (Å²) >= 11 is 5.87. The Morgan fingerprint density at radius 1 is 1.31 bits per heavy atom. The van der Waals surface area contributed by atoms with E-state index in [9.17, 15) is 18.0 Å². The van der Waals surface area contributed by atoms with E-state index in [1.165, 1.54) is 0 Å². The third kappa shape index (κ3) is 4.52. The van der Waals surface area contributed by atoms with Crippen molar-refractivity contribution in [2.24, 2.45) is 0 Å². The van der Waals surface area contributed by atoms with Crippen molar-refractivity contribution in [1.29, 1.82) is 0 Å². The van der Waals surface area contributed by atoms with E-state index in [4.69, 9.17) is 11.6 Å². The molecule has 1 aromatic heterocycles. The highest BCUT2D eigenvalue weighted by Crippen LogP contribution is 2.35. The van der Waals surface area contributed by atoms with Gasteiger partial charge in [-0.1, -0.05) is 30.7 Å². The Kier molecular flexibility index (Phi) is 6.12. The molecule has 158 valence electrons. The predicted octanol–water partition coefficient (Wildman–Crippen LogP) is 4.16. The minimum atomic E-state index is -4.65. The van der Waals surface area contributed by atoms with E-state index in [0.29, 0.717) is 19.6 Å². The molecule has 0 aliphatic carbocycles. The SMILES string of the molecule is CCc1c(Cl)c(C(F)(F)F)nn1CC(=O)N1CCN(c2cccc(C)c2)C(C)C1. The second kappa shape index (κ2) is 8.26. The maximum atomic E-state index is 13.1. The van der Waals surface area contributed by atoms with E-state index >= 15 is 0 Å². The van der Waals surface area contributed by atoms with Gasteiger partial charge in [-0.05, 0) is 38.0 Å². The van der Waals surface area contributed by atoms with Crippen LogP contribution in [0.5, 0.6) is 0 Å². The molecular formula is C20H24ClF3N4O. The maximum absolute atomic E-state index is 13.1. The molecule has 0 N–H and O–H groups in total. The zero-order valence-corrected chi connectivity index (χ0v) is 17.4. The summed E-state index contributed by atoms with van der Waals surface area (Å²) in [5.74, 6) is -0.261. The van der Waals surface area contributed by atoms with E-state index in [0.717, 1.165) is 15.9 Å². The molecule has 1 atom stereocenters. The number of carbonyl (C=O) groups is 1. The third-order valence-corrected chi connectivity index (χ3v) is 5.59. The number of alkyl halides is 3. The summed E-state index contributed by atoms with van der Waals surface area (Å²) in [6.45, 7) is 7.15. The van der Waals surface area contributed by atoms with Crippen LogP contribution in [0.2, 0.25) is 5.02 Å². The van der Waals surface area contributed by atoms with Crippen molar-refractivity contribution in [3.8, 4) is 0 Å². The fourth-order valence-electron chi connectivity index (χ4n) is 3.73. The number of piperazine rings is 1. The van der Waals surface area contributed by atoms with Crippen LogP contribution in [0.15, 0.2) is 24.3 Å². The van der Waals surface area contributed by atoms with Crippen molar-refractivity contribution >= 4 is 23.2 Å². The zero-order chi connectivity index (χ0) is 21.3. The average molecular weight is 429 g/mol. The summed E-state index contributed by atoms with van der Waals surface area (Å²) in [6.07, 6.45) is -4.39. The number of aromatic nitrogens is 2. The van der Waals surface area contributed by atoms with Gasteiger partial charge in [-0.25, -0.2) is 0 Å². The number of benzene rings is 1. The summed E-state index contributed by atoms with van der Waals surface area (Å²) < 4.78 is 40.4. The number of carbonyl (C=O) groups excluding carboxylic acids is 1. The van der Waals surface area contributed by atoms with E-state index in [2.05, 4.69) is 16.1 Å². The van der Waals surface area contributed by atoms with Crippen LogP contribution in [0.1, 0.15) is 30.8 Å². The van der Waals surface area contributed by atoms with Gasteiger partial charge in [0.15, 0.2) is 5.69 Å². The number of halogens is 4. The molecular weight excluding hydrogens is 405 g/mol. The number of amides is 1. The molecule has 1 saturated heterocycles. The van der Waals surface area contributed by atoms with Gasteiger partial charge >= 0.3 is 6.18 Å². The Bertz CT molecular complexity index is 896. The number of hydrogen-bond donors (Lipinski definition) is 0. The van der Waals surface area contributed by atoms with Gasteiger partial charge in [0.25, 0.3) is 0 Å². The molecule has 2 heterocycles. The van der Waals surface area contributed by atoms with Crippen molar-refractivity contribution in [3.63, 3.8) is 0 Å². The van der Waals surface area contributed by atoms with E-state index in [1.807, 2.05) is 32.0 Å². The number of hydrogen-bond acceptors (Lipinski definition) is 3. The first-order valence-electron chi connectivity index (χ1n) is 9.55. The molecule has 1 aliphatic rings. The lowest BCUT2D eigenvalue weighted by Crippen LogP contribution is -2.54. The second-order valence-electron chi connectivity index (χ2n) is 7.34. The zero-order valence-electron chi connectivity index (χ0n) is 16.6. The lowest BCUT2D eigenvalue weighted by Gasteiger charge is -2.41. The van der Waals surface area contributed by atoms with Gasteiger partial charge in [0, 0.05) is 31.4 Å². The normalized spacial score (nSPS) is 17.7. The maximum Gasteiger partial charge on any atom is 0.436 e. The highest BCUT2D eigenvalue weighted by Gasteiger charge is 2.39. The van der Waals surface area contributed by atoms with Gasteiger partial charge in [-0.15, -0.1) is 0 Å². The molecule has 0 radical (unpaired) electrons. The van der Waals surface area contributed by atoms with Crippen LogP contribution in [-0.2, 0) is 23.9 Å². The Morgan fingerprint density at radius 3 is 2.62 bits per heavy atom. The van der Waals surface area contributed by atoms with E-state index in [1.54, 1.807) is 11.8 Å². The van der Waals surface area contributed by atoms with Crippen LogP contribution in [0.3, 0.4) is 0 Å². The smallest absolute Gasteiger partial charge is 0.365 e. The van der Waals surface area contributed by atoms with Gasteiger partial charge in [-0.3, -0.25) is 9.48 Å². The molecule has 1 amide bonds. The molecule has 9 heteroatoms. The third-order valence-electron chi connectivity index (χ3n) is 5.20. The molecule has 2 aromatic rings. The number of rotatable bonds is 4. The van der Waals surface area contributed by atoms with Crippen LogP contribution in [0.25, 0.3) is 0 Å². The Morgan fingerprint density at radius 2 is 2.03 bits per heavy atom. The first kappa shape index (κ1) is 21.5. The summed E-state index contributed by atoms with van der Waals surface area (Å²) in [5, 5.41) is 3.15. The summed E-state index contributed by atoms with van der Waals surface area (Å²) in [7, 11) is 0. The van der Waals surface area contributed by atoms with Crippen LogP contribution in [0.4, 0.5) is 18.9 Å². The number of aryl methyl sites for hydroxylation is 1. The van der Waals surface area contributed by atoms with Gasteiger partial charge < -0.3 is 9.80 Å². The van der Waals surface area contributed by atoms with Crippen molar-refractivity contribution in [3.05, 3.63) is 46.2 Å². The van der Waals surface area contributed by atoms with E-state index < -0.39 is 16.9 Å². The minimum Gasteiger partial charge on any atom is -0.365 e. The van der Waals surface area contributed by atoms with Gasteiger partial charge in [-0.2, -0.15) is 18.3 Å². The van der Waals surface area contributed by atoms with Crippen LogP contribution in [-0.4, -0.2) is 46.3 Å². The summed E-state index contributed by atoms with van der Waals surface area (Å²) in [5.41, 5.74) is 1.35. The van der Waals surface area contributed by atoms with Crippen molar-refractivity contribution in [1.82, 2.24) is 14.7 Å². The highest BCUT2D eigenvalue weighted by atomic mass is 35.5. The van der Waals surface area contributed by atoms with E-state index in [-0.39, 0.29) is 30.6 Å². The molecule has 1 aromatic carbocycles. The molecule has 0 spiro atoms. The topological polar surface area (TPSA) is 41.4 Å².